The molecule has 0 saturated carbocycles. The molecule has 1 amide bonds. The minimum absolute atomic E-state index is 0.162. The standard InChI is InChI=1S/C14H17FN2O2S/c1-9(18)8-16-4-5-17-14(19)13-6-10-2-3-11(15)7-12(10)20-13/h2-3,6-7,9,16,18H,4-5,8H2,1H3,(H,17,19). The van der Waals surface area contributed by atoms with E-state index in [-0.39, 0.29) is 11.7 Å². The van der Waals surface area contributed by atoms with Crippen molar-refractivity contribution in [3.05, 3.63) is 35.0 Å². The average Bonchev–Trinajstić information content (AvgIpc) is 2.80. The van der Waals surface area contributed by atoms with Gasteiger partial charge in [-0.25, -0.2) is 4.39 Å². The summed E-state index contributed by atoms with van der Waals surface area (Å²) in [7, 11) is 0. The molecule has 0 fully saturated rings. The Morgan fingerprint density at radius 1 is 1.40 bits per heavy atom. The molecule has 4 nitrogen and oxygen atoms in total. The smallest absolute Gasteiger partial charge is 0.261 e. The Morgan fingerprint density at radius 2 is 2.20 bits per heavy atom. The molecule has 2 aromatic rings. The number of thiophene rings is 1. The number of hydrogen-bond donors (Lipinski definition) is 3. The first-order chi connectivity index (χ1) is 9.56. The number of aliphatic hydroxyl groups excluding tert-OH is 1. The summed E-state index contributed by atoms with van der Waals surface area (Å²) in [5.41, 5.74) is 0. The predicted molar refractivity (Wildman–Crippen MR) is 78.7 cm³/mol. The highest BCUT2D eigenvalue weighted by atomic mass is 32.1. The molecule has 1 aromatic carbocycles. The molecule has 1 unspecified atom stereocenters. The summed E-state index contributed by atoms with van der Waals surface area (Å²) in [6.07, 6.45) is -0.400. The van der Waals surface area contributed by atoms with Crippen molar-refractivity contribution in [3.8, 4) is 0 Å². The van der Waals surface area contributed by atoms with Crippen molar-refractivity contribution in [2.75, 3.05) is 19.6 Å². The first-order valence-electron chi connectivity index (χ1n) is 6.42. The van der Waals surface area contributed by atoms with Crippen LogP contribution in [0.25, 0.3) is 10.1 Å². The number of carbonyl (C=O) groups is 1. The molecule has 1 heterocycles. The summed E-state index contributed by atoms with van der Waals surface area (Å²) >= 11 is 1.28. The summed E-state index contributed by atoms with van der Waals surface area (Å²) in [5, 5.41) is 15.7. The summed E-state index contributed by atoms with van der Waals surface area (Å²) in [5.74, 6) is -0.459. The van der Waals surface area contributed by atoms with E-state index in [9.17, 15) is 9.18 Å². The van der Waals surface area contributed by atoms with Gasteiger partial charge in [0.05, 0.1) is 11.0 Å². The van der Waals surface area contributed by atoms with Gasteiger partial charge in [0.15, 0.2) is 0 Å². The van der Waals surface area contributed by atoms with Crippen molar-refractivity contribution in [1.82, 2.24) is 10.6 Å². The van der Waals surface area contributed by atoms with Gasteiger partial charge in [-0.2, -0.15) is 0 Å². The lowest BCUT2D eigenvalue weighted by molar-refractivity contribution is 0.0957. The van der Waals surface area contributed by atoms with Crippen molar-refractivity contribution < 1.29 is 14.3 Å². The van der Waals surface area contributed by atoms with Crippen LogP contribution >= 0.6 is 11.3 Å². The zero-order valence-corrected chi connectivity index (χ0v) is 12.0. The Bertz CT molecular complexity index is 598. The lowest BCUT2D eigenvalue weighted by Crippen LogP contribution is -2.34. The summed E-state index contributed by atoms with van der Waals surface area (Å²) in [6.45, 7) is 3.27. The zero-order chi connectivity index (χ0) is 14.5. The molecule has 0 aliphatic heterocycles. The maximum Gasteiger partial charge on any atom is 0.261 e. The number of hydrogen-bond acceptors (Lipinski definition) is 4. The van der Waals surface area contributed by atoms with E-state index in [0.29, 0.717) is 24.5 Å². The van der Waals surface area contributed by atoms with E-state index in [1.54, 1.807) is 19.1 Å². The lowest BCUT2D eigenvalue weighted by atomic mass is 10.2. The van der Waals surface area contributed by atoms with Crippen LogP contribution in [0.15, 0.2) is 24.3 Å². The molecule has 0 aliphatic carbocycles. The summed E-state index contributed by atoms with van der Waals surface area (Å²) < 4.78 is 13.8. The van der Waals surface area contributed by atoms with E-state index < -0.39 is 6.10 Å². The van der Waals surface area contributed by atoms with E-state index in [2.05, 4.69) is 10.6 Å². The maximum atomic E-state index is 13.1. The van der Waals surface area contributed by atoms with Gasteiger partial charge in [-0.3, -0.25) is 4.79 Å². The van der Waals surface area contributed by atoms with Gasteiger partial charge in [-0.1, -0.05) is 6.07 Å². The van der Waals surface area contributed by atoms with Crippen molar-refractivity contribution in [2.45, 2.75) is 13.0 Å². The first-order valence-corrected chi connectivity index (χ1v) is 7.24. The van der Waals surface area contributed by atoms with Crippen LogP contribution in [0.5, 0.6) is 0 Å². The average molecular weight is 296 g/mol. The van der Waals surface area contributed by atoms with E-state index in [0.717, 1.165) is 10.1 Å². The predicted octanol–water partition coefficient (Wildman–Crippen LogP) is 1.74. The van der Waals surface area contributed by atoms with Gasteiger partial charge >= 0.3 is 0 Å². The Labute approximate surface area is 120 Å². The Balaban J connectivity index is 1.88. The third-order valence-electron chi connectivity index (χ3n) is 2.73. The second-order valence-corrected chi connectivity index (χ2v) is 5.69. The van der Waals surface area contributed by atoms with Crippen LogP contribution < -0.4 is 10.6 Å². The summed E-state index contributed by atoms with van der Waals surface area (Å²) in [6, 6.07) is 6.25. The third-order valence-corrected chi connectivity index (χ3v) is 3.83. The fourth-order valence-corrected chi connectivity index (χ4v) is 2.78. The fraction of sp³-hybridized carbons (Fsp3) is 0.357. The molecule has 20 heavy (non-hydrogen) atoms. The third kappa shape index (κ3) is 4.00. The topological polar surface area (TPSA) is 61.4 Å². The SMILES string of the molecule is CC(O)CNCCNC(=O)c1cc2ccc(F)cc2s1. The van der Waals surface area contributed by atoms with E-state index in [1.807, 2.05) is 0 Å². The molecular weight excluding hydrogens is 279 g/mol. The molecule has 0 aliphatic rings. The van der Waals surface area contributed by atoms with Gasteiger partial charge in [0, 0.05) is 24.3 Å². The number of fused-ring (bicyclic) bond motifs is 1. The van der Waals surface area contributed by atoms with Gasteiger partial charge in [0.25, 0.3) is 5.91 Å². The van der Waals surface area contributed by atoms with Crippen LogP contribution in [0, 0.1) is 5.82 Å². The number of nitrogens with one attached hydrogen (secondary N) is 2. The number of benzene rings is 1. The highest BCUT2D eigenvalue weighted by molar-refractivity contribution is 7.20. The maximum absolute atomic E-state index is 13.1. The van der Waals surface area contributed by atoms with Crippen LogP contribution in [0.1, 0.15) is 16.6 Å². The molecule has 0 bridgehead atoms. The molecule has 108 valence electrons. The first kappa shape index (κ1) is 14.9. The van der Waals surface area contributed by atoms with Crippen molar-refractivity contribution in [3.63, 3.8) is 0 Å². The van der Waals surface area contributed by atoms with Gasteiger partial charge in [-0.05, 0) is 30.5 Å². The Morgan fingerprint density at radius 3 is 2.95 bits per heavy atom. The molecule has 3 N–H and O–H groups in total. The van der Waals surface area contributed by atoms with Gasteiger partial charge < -0.3 is 15.7 Å². The van der Waals surface area contributed by atoms with E-state index in [4.69, 9.17) is 5.11 Å². The molecule has 0 saturated heterocycles. The van der Waals surface area contributed by atoms with Crippen LogP contribution in [-0.2, 0) is 0 Å². The number of carbonyl (C=O) groups excluding carboxylic acids is 1. The molecule has 1 atom stereocenters. The minimum Gasteiger partial charge on any atom is -0.392 e. The Kier molecular flexibility index (Phi) is 5.05. The van der Waals surface area contributed by atoms with E-state index in [1.165, 1.54) is 23.5 Å². The molecule has 0 radical (unpaired) electrons. The van der Waals surface area contributed by atoms with Crippen molar-refractivity contribution in [1.29, 1.82) is 0 Å². The summed E-state index contributed by atoms with van der Waals surface area (Å²) in [4.78, 5) is 12.5. The highest BCUT2D eigenvalue weighted by Gasteiger charge is 2.10. The van der Waals surface area contributed by atoms with Gasteiger partial charge in [-0.15, -0.1) is 11.3 Å². The molecule has 1 aromatic heterocycles. The second-order valence-electron chi connectivity index (χ2n) is 4.60. The Hall–Kier alpha value is -1.50. The molecular formula is C14H17FN2O2S. The van der Waals surface area contributed by atoms with Crippen LogP contribution in [0.4, 0.5) is 4.39 Å². The number of aliphatic hydroxyl groups is 1. The lowest BCUT2D eigenvalue weighted by Gasteiger charge is -2.07. The van der Waals surface area contributed by atoms with Crippen LogP contribution in [0.2, 0.25) is 0 Å². The monoisotopic (exact) mass is 296 g/mol. The van der Waals surface area contributed by atoms with Crippen LogP contribution in [-0.4, -0.2) is 36.8 Å². The number of amides is 1. The van der Waals surface area contributed by atoms with E-state index >= 15 is 0 Å². The van der Waals surface area contributed by atoms with Gasteiger partial charge in [0.1, 0.15) is 5.82 Å². The molecule has 2 rings (SSSR count). The molecule has 0 spiro atoms. The van der Waals surface area contributed by atoms with Crippen LogP contribution in [0.3, 0.4) is 0 Å². The number of rotatable bonds is 6. The fourth-order valence-electron chi connectivity index (χ4n) is 1.78. The van der Waals surface area contributed by atoms with Crippen molar-refractivity contribution in [2.24, 2.45) is 0 Å². The zero-order valence-electron chi connectivity index (χ0n) is 11.1. The quantitative estimate of drug-likeness (QED) is 0.712. The minimum atomic E-state index is -0.400. The largest absolute Gasteiger partial charge is 0.392 e. The second kappa shape index (κ2) is 6.78. The number of halogens is 1. The van der Waals surface area contributed by atoms with Crippen molar-refractivity contribution >= 4 is 27.3 Å². The normalized spacial score (nSPS) is 12.6. The van der Waals surface area contributed by atoms with Gasteiger partial charge in [0.2, 0.25) is 0 Å². The highest BCUT2D eigenvalue weighted by Crippen LogP contribution is 2.26. The molecule has 6 heteroatoms.